The van der Waals surface area contributed by atoms with E-state index in [1.807, 2.05) is 0 Å². The molecule has 1 rings (SSSR count). The Balaban J connectivity index is 2.67. The maximum atomic E-state index is 3.89. The van der Waals surface area contributed by atoms with Crippen LogP contribution in [-0.2, 0) is 0 Å². The molecule has 9 heavy (non-hydrogen) atoms. The van der Waals surface area contributed by atoms with E-state index in [1.165, 1.54) is 5.70 Å². The van der Waals surface area contributed by atoms with Crippen molar-refractivity contribution in [1.29, 1.82) is 0 Å². The van der Waals surface area contributed by atoms with Crippen molar-refractivity contribution >= 4 is 11.8 Å². The number of rotatable bonds is 1. The van der Waals surface area contributed by atoms with Gasteiger partial charge in [0, 0.05) is 12.2 Å². The Bertz CT molecular complexity index is 160. The van der Waals surface area contributed by atoms with Gasteiger partial charge < -0.3 is 4.90 Å². The number of hydrogen-bond acceptors (Lipinski definition) is 2. The van der Waals surface area contributed by atoms with Gasteiger partial charge in [-0.3, -0.25) is 0 Å². The smallest absolute Gasteiger partial charge is 0.0719 e. The molecule has 0 spiro atoms. The van der Waals surface area contributed by atoms with Crippen LogP contribution in [0.2, 0.25) is 0 Å². The minimum absolute atomic E-state index is 1.04. The first kappa shape index (κ1) is 6.75. The van der Waals surface area contributed by atoms with Gasteiger partial charge in [-0.2, -0.15) is 0 Å². The Labute approximate surface area is 60.4 Å². The molecule has 2 heteroatoms. The van der Waals surface area contributed by atoms with Gasteiger partial charge in [-0.05, 0) is 19.3 Å². The lowest BCUT2D eigenvalue weighted by Gasteiger charge is -2.17. The van der Waals surface area contributed by atoms with Crippen molar-refractivity contribution in [3.63, 3.8) is 0 Å². The highest BCUT2D eigenvalue weighted by Gasteiger charge is 2.12. The van der Waals surface area contributed by atoms with Gasteiger partial charge in [0.25, 0.3) is 0 Å². The van der Waals surface area contributed by atoms with Gasteiger partial charge in [0.2, 0.25) is 0 Å². The molecular formula is C7H11NS. The van der Waals surface area contributed by atoms with E-state index in [-0.39, 0.29) is 0 Å². The van der Waals surface area contributed by atoms with E-state index in [0.29, 0.717) is 0 Å². The highest BCUT2D eigenvalue weighted by atomic mass is 32.2. The summed E-state index contributed by atoms with van der Waals surface area (Å²) in [6, 6.07) is 0. The Morgan fingerprint density at radius 3 is 2.67 bits per heavy atom. The van der Waals surface area contributed by atoms with E-state index in [9.17, 15) is 0 Å². The van der Waals surface area contributed by atoms with E-state index in [0.717, 1.165) is 11.6 Å². The molecule has 0 fully saturated rings. The number of thioether (sulfide) groups is 1. The summed E-state index contributed by atoms with van der Waals surface area (Å²) in [6.45, 7) is 9.17. The molecule has 0 amide bonds. The average molecular weight is 141 g/mol. The standard InChI is InChI=1S/C7H11NS/c1-4-8-6(2)5-9-7(8)3/h5H,3-4H2,1-2H3. The van der Waals surface area contributed by atoms with E-state index in [4.69, 9.17) is 0 Å². The van der Waals surface area contributed by atoms with Crippen LogP contribution in [0.3, 0.4) is 0 Å². The van der Waals surface area contributed by atoms with Crippen LogP contribution >= 0.6 is 11.8 Å². The molecule has 1 heterocycles. The second-order valence-corrected chi connectivity index (χ2v) is 2.96. The summed E-state index contributed by atoms with van der Waals surface area (Å²) in [5.41, 5.74) is 1.31. The molecule has 0 aromatic heterocycles. The van der Waals surface area contributed by atoms with E-state index >= 15 is 0 Å². The van der Waals surface area contributed by atoms with Gasteiger partial charge in [-0.1, -0.05) is 18.3 Å². The zero-order valence-electron chi connectivity index (χ0n) is 5.85. The lowest BCUT2D eigenvalue weighted by Crippen LogP contribution is -2.13. The van der Waals surface area contributed by atoms with E-state index < -0.39 is 0 Å². The Morgan fingerprint density at radius 1 is 1.78 bits per heavy atom. The first-order valence-electron chi connectivity index (χ1n) is 3.05. The number of hydrogen-bond donors (Lipinski definition) is 0. The lowest BCUT2D eigenvalue weighted by atomic mass is 10.5. The molecule has 0 saturated heterocycles. The zero-order valence-corrected chi connectivity index (χ0v) is 6.66. The van der Waals surface area contributed by atoms with Crippen LogP contribution in [0.15, 0.2) is 22.7 Å². The number of nitrogens with zero attached hydrogens (tertiary/aromatic N) is 1. The highest BCUT2D eigenvalue weighted by Crippen LogP contribution is 2.31. The van der Waals surface area contributed by atoms with Crippen LogP contribution in [-0.4, -0.2) is 11.4 Å². The van der Waals surface area contributed by atoms with Gasteiger partial charge in [0.15, 0.2) is 0 Å². The minimum Gasteiger partial charge on any atom is -0.340 e. The van der Waals surface area contributed by atoms with Crippen molar-refractivity contribution in [2.24, 2.45) is 0 Å². The summed E-state index contributed by atoms with van der Waals surface area (Å²) < 4.78 is 0. The summed E-state index contributed by atoms with van der Waals surface area (Å²) in [5.74, 6) is 0. The monoisotopic (exact) mass is 141 g/mol. The van der Waals surface area contributed by atoms with Crippen molar-refractivity contribution in [3.8, 4) is 0 Å². The SMILES string of the molecule is C=C1SC=C(C)N1CC. The van der Waals surface area contributed by atoms with Crippen molar-refractivity contribution in [2.45, 2.75) is 13.8 Å². The van der Waals surface area contributed by atoms with Crippen LogP contribution in [0.1, 0.15) is 13.8 Å². The third-order valence-corrected chi connectivity index (χ3v) is 2.36. The molecule has 0 atom stereocenters. The van der Waals surface area contributed by atoms with Gasteiger partial charge >= 0.3 is 0 Å². The van der Waals surface area contributed by atoms with E-state index in [1.54, 1.807) is 11.8 Å². The second kappa shape index (κ2) is 2.48. The summed E-state index contributed by atoms with van der Waals surface area (Å²) >= 11 is 1.71. The quantitative estimate of drug-likeness (QED) is 0.551. The molecule has 0 aliphatic carbocycles. The molecule has 0 saturated carbocycles. The predicted octanol–water partition coefficient (Wildman–Crippen LogP) is 2.39. The molecule has 0 unspecified atom stereocenters. The maximum Gasteiger partial charge on any atom is 0.0719 e. The Morgan fingerprint density at radius 2 is 2.44 bits per heavy atom. The number of allylic oxidation sites excluding steroid dienone is 1. The van der Waals surface area contributed by atoms with Gasteiger partial charge in [0.05, 0.1) is 5.03 Å². The van der Waals surface area contributed by atoms with Crippen molar-refractivity contribution < 1.29 is 0 Å². The first-order valence-corrected chi connectivity index (χ1v) is 3.93. The van der Waals surface area contributed by atoms with E-state index in [2.05, 4.69) is 30.7 Å². The minimum atomic E-state index is 1.04. The first-order chi connectivity index (χ1) is 4.25. The summed E-state index contributed by atoms with van der Waals surface area (Å²) in [7, 11) is 0. The Hall–Kier alpha value is -0.370. The van der Waals surface area contributed by atoms with Crippen LogP contribution in [0.5, 0.6) is 0 Å². The van der Waals surface area contributed by atoms with Crippen LogP contribution in [0.4, 0.5) is 0 Å². The fourth-order valence-electron chi connectivity index (χ4n) is 0.903. The van der Waals surface area contributed by atoms with Crippen molar-refractivity contribution in [2.75, 3.05) is 6.54 Å². The summed E-state index contributed by atoms with van der Waals surface area (Å²) in [5, 5.41) is 3.28. The fourth-order valence-corrected chi connectivity index (χ4v) is 1.74. The third-order valence-electron chi connectivity index (χ3n) is 1.41. The molecule has 0 aromatic carbocycles. The third kappa shape index (κ3) is 1.13. The van der Waals surface area contributed by atoms with Crippen molar-refractivity contribution in [3.05, 3.63) is 22.7 Å². The van der Waals surface area contributed by atoms with Crippen LogP contribution < -0.4 is 0 Å². The molecule has 0 radical (unpaired) electrons. The Kier molecular flexibility index (Phi) is 1.86. The molecule has 1 aliphatic rings. The molecule has 50 valence electrons. The summed E-state index contributed by atoms with van der Waals surface area (Å²) in [4.78, 5) is 2.20. The van der Waals surface area contributed by atoms with Gasteiger partial charge in [-0.15, -0.1) is 0 Å². The van der Waals surface area contributed by atoms with Gasteiger partial charge in [0.1, 0.15) is 0 Å². The zero-order chi connectivity index (χ0) is 6.85. The molecule has 0 bridgehead atoms. The molecule has 0 aromatic rings. The summed E-state index contributed by atoms with van der Waals surface area (Å²) in [6.07, 6.45) is 0. The maximum absolute atomic E-state index is 3.89. The highest BCUT2D eigenvalue weighted by molar-refractivity contribution is 8.06. The molecule has 0 N–H and O–H groups in total. The lowest BCUT2D eigenvalue weighted by molar-refractivity contribution is 0.491. The largest absolute Gasteiger partial charge is 0.340 e. The normalized spacial score (nSPS) is 18.7. The second-order valence-electron chi connectivity index (χ2n) is 2.02. The van der Waals surface area contributed by atoms with Crippen molar-refractivity contribution in [1.82, 2.24) is 4.90 Å². The molecule has 1 nitrogen and oxygen atoms in total. The predicted molar refractivity (Wildman–Crippen MR) is 42.9 cm³/mol. The van der Waals surface area contributed by atoms with Crippen LogP contribution in [0.25, 0.3) is 0 Å². The average Bonchev–Trinajstić information content (AvgIpc) is 2.12. The fraction of sp³-hybridized carbons (Fsp3) is 0.429. The molecular weight excluding hydrogens is 130 g/mol. The van der Waals surface area contributed by atoms with Crippen LogP contribution in [0, 0.1) is 0 Å². The topological polar surface area (TPSA) is 3.24 Å². The molecule has 1 aliphatic heterocycles. The van der Waals surface area contributed by atoms with Gasteiger partial charge in [-0.25, -0.2) is 0 Å².